The zero-order valence-electron chi connectivity index (χ0n) is 11.8. The van der Waals surface area contributed by atoms with E-state index in [1.165, 1.54) is 12.4 Å². The van der Waals surface area contributed by atoms with Crippen molar-refractivity contribution in [1.82, 2.24) is 9.97 Å². The van der Waals surface area contributed by atoms with Crippen molar-refractivity contribution in [3.05, 3.63) is 59.1 Å². The highest BCUT2D eigenvalue weighted by molar-refractivity contribution is 6.29. The second-order valence-electron chi connectivity index (χ2n) is 4.67. The van der Waals surface area contributed by atoms with E-state index in [1.807, 2.05) is 30.3 Å². The predicted octanol–water partition coefficient (Wildman–Crippen LogP) is 4.22. The summed E-state index contributed by atoms with van der Waals surface area (Å²) in [6.45, 7) is 2.11. The van der Waals surface area contributed by atoms with Crippen molar-refractivity contribution in [3.8, 4) is 0 Å². The molecule has 0 unspecified atom stereocenters. The highest BCUT2D eigenvalue weighted by atomic mass is 35.5. The number of carbonyl (C=O) groups is 1. The molecule has 0 amide bonds. The second kappa shape index (κ2) is 7.74. The van der Waals surface area contributed by atoms with Crippen LogP contribution in [-0.2, 0) is 4.74 Å². The molecule has 1 aromatic heterocycles. The average Bonchev–Trinajstić information content (AvgIpc) is 2.52. The maximum Gasteiger partial charge on any atom is 0.359 e. The van der Waals surface area contributed by atoms with Gasteiger partial charge in [-0.2, -0.15) is 0 Å². The van der Waals surface area contributed by atoms with Crippen LogP contribution in [0.2, 0.25) is 5.15 Å². The number of halogens is 1. The van der Waals surface area contributed by atoms with Crippen LogP contribution in [0.4, 0.5) is 0 Å². The van der Waals surface area contributed by atoms with Crippen molar-refractivity contribution in [1.29, 1.82) is 0 Å². The van der Waals surface area contributed by atoms with Crippen LogP contribution in [0, 0.1) is 0 Å². The average molecular weight is 305 g/mol. The van der Waals surface area contributed by atoms with Crippen molar-refractivity contribution in [2.75, 3.05) is 0 Å². The van der Waals surface area contributed by atoms with Crippen LogP contribution in [0.1, 0.15) is 48.3 Å². The summed E-state index contributed by atoms with van der Waals surface area (Å²) in [5, 5.41) is 0.247. The predicted molar refractivity (Wildman–Crippen MR) is 81.2 cm³/mol. The fraction of sp³-hybridized carbons (Fsp3) is 0.312. The first-order valence-electron chi connectivity index (χ1n) is 6.94. The van der Waals surface area contributed by atoms with E-state index in [0.717, 1.165) is 24.8 Å². The van der Waals surface area contributed by atoms with Gasteiger partial charge >= 0.3 is 5.97 Å². The molecule has 0 bridgehead atoms. The van der Waals surface area contributed by atoms with Crippen LogP contribution in [-0.4, -0.2) is 15.9 Å². The van der Waals surface area contributed by atoms with Crippen molar-refractivity contribution < 1.29 is 9.53 Å². The quantitative estimate of drug-likeness (QED) is 0.750. The fourth-order valence-corrected chi connectivity index (χ4v) is 2.06. The number of nitrogens with zero attached hydrogens (tertiary/aromatic N) is 2. The van der Waals surface area contributed by atoms with Gasteiger partial charge in [-0.15, -0.1) is 0 Å². The minimum atomic E-state index is -0.482. The van der Waals surface area contributed by atoms with Gasteiger partial charge in [0.2, 0.25) is 0 Å². The van der Waals surface area contributed by atoms with Crippen LogP contribution in [0.15, 0.2) is 42.7 Å². The number of aromatic nitrogens is 2. The lowest BCUT2D eigenvalue weighted by molar-refractivity contribution is 0.0264. The molecule has 1 aromatic carbocycles. The Balaban J connectivity index is 2.11. The third-order valence-corrected chi connectivity index (χ3v) is 3.27. The minimum absolute atomic E-state index is 0.164. The first-order chi connectivity index (χ1) is 10.2. The van der Waals surface area contributed by atoms with E-state index in [1.54, 1.807) is 0 Å². The molecular weight excluding hydrogens is 288 g/mol. The zero-order valence-corrected chi connectivity index (χ0v) is 12.6. The maximum atomic E-state index is 12.1. The summed E-state index contributed by atoms with van der Waals surface area (Å²) in [7, 11) is 0. The first-order valence-corrected chi connectivity index (χ1v) is 7.32. The Bertz CT molecular complexity index is 573. The van der Waals surface area contributed by atoms with Gasteiger partial charge in [0, 0.05) is 0 Å². The molecule has 0 N–H and O–H groups in total. The molecule has 5 heteroatoms. The number of esters is 1. The Labute approximate surface area is 129 Å². The monoisotopic (exact) mass is 304 g/mol. The van der Waals surface area contributed by atoms with Gasteiger partial charge in [0.1, 0.15) is 11.3 Å². The smallest absolute Gasteiger partial charge is 0.359 e. The van der Waals surface area contributed by atoms with E-state index in [0.29, 0.717) is 0 Å². The molecular formula is C16H17ClN2O2. The summed E-state index contributed by atoms with van der Waals surface area (Å²) in [4.78, 5) is 19.9. The molecule has 0 spiro atoms. The Hall–Kier alpha value is -1.94. The molecule has 0 aliphatic carbocycles. The van der Waals surface area contributed by atoms with Crippen LogP contribution >= 0.6 is 11.6 Å². The molecule has 0 fully saturated rings. The summed E-state index contributed by atoms with van der Waals surface area (Å²) in [6, 6.07) is 9.73. The summed E-state index contributed by atoms with van der Waals surface area (Å²) in [6.07, 6.45) is 5.21. The molecule has 1 heterocycles. The molecule has 1 atom stereocenters. The minimum Gasteiger partial charge on any atom is -0.453 e. The first kappa shape index (κ1) is 15.4. The van der Waals surface area contributed by atoms with Crippen molar-refractivity contribution in [2.45, 2.75) is 32.3 Å². The lowest BCUT2D eigenvalue weighted by Gasteiger charge is -2.17. The molecule has 0 saturated heterocycles. The van der Waals surface area contributed by atoms with Gasteiger partial charge in [0.05, 0.1) is 12.4 Å². The normalized spacial score (nSPS) is 11.9. The molecule has 4 nitrogen and oxygen atoms in total. The van der Waals surface area contributed by atoms with Crippen LogP contribution in [0.3, 0.4) is 0 Å². The third-order valence-electron chi connectivity index (χ3n) is 3.07. The van der Waals surface area contributed by atoms with E-state index < -0.39 is 5.97 Å². The van der Waals surface area contributed by atoms with E-state index in [9.17, 15) is 4.79 Å². The number of benzene rings is 1. The Kier molecular flexibility index (Phi) is 5.69. The Morgan fingerprint density at radius 2 is 2.00 bits per heavy atom. The molecule has 2 aromatic rings. The standard InChI is InChI=1S/C16H17ClN2O2/c1-2-3-9-14(12-7-5-4-6-8-12)21-16(20)13-10-19-15(17)11-18-13/h4-8,10-11,14H,2-3,9H2,1H3/t14-/m0/s1. The summed E-state index contributed by atoms with van der Waals surface area (Å²) in [5.74, 6) is -0.482. The third kappa shape index (κ3) is 4.53. The van der Waals surface area contributed by atoms with E-state index in [4.69, 9.17) is 16.3 Å². The van der Waals surface area contributed by atoms with Gasteiger partial charge in [0.25, 0.3) is 0 Å². The Morgan fingerprint density at radius 1 is 1.24 bits per heavy atom. The largest absolute Gasteiger partial charge is 0.453 e. The van der Waals surface area contributed by atoms with Crippen molar-refractivity contribution >= 4 is 17.6 Å². The molecule has 0 aliphatic rings. The molecule has 21 heavy (non-hydrogen) atoms. The van der Waals surface area contributed by atoms with Gasteiger partial charge in [-0.25, -0.2) is 14.8 Å². The summed E-state index contributed by atoms with van der Waals surface area (Å²) < 4.78 is 5.58. The number of unbranched alkanes of at least 4 members (excludes halogenated alkanes) is 1. The molecule has 0 aliphatic heterocycles. The molecule has 0 radical (unpaired) electrons. The van der Waals surface area contributed by atoms with Crippen LogP contribution in [0.5, 0.6) is 0 Å². The summed E-state index contributed by atoms with van der Waals surface area (Å²) >= 11 is 5.66. The highest BCUT2D eigenvalue weighted by Crippen LogP contribution is 2.24. The second-order valence-corrected chi connectivity index (χ2v) is 5.06. The molecule has 0 saturated carbocycles. The number of hydrogen-bond acceptors (Lipinski definition) is 4. The highest BCUT2D eigenvalue weighted by Gasteiger charge is 2.18. The fourth-order valence-electron chi connectivity index (χ4n) is 1.96. The van der Waals surface area contributed by atoms with Crippen molar-refractivity contribution in [3.63, 3.8) is 0 Å². The van der Waals surface area contributed by atoms with E-state index in [-0.39, 0.29) is 17.0 Å². The number of carbonyl (C=O) groups excluding carboxylic acids is 1. The van der Waals surface area contributed by atoms with Gasteiger partial charge < -0.3 is 4.74 Å². The number of ether oxygens (including phenoxy) is 1. The van der Waals surface area contributed by atoms with Gasteiger partial charge in [-0.1, -0.05) is 55.3 Å². The molecule has 2 rings (SSSR count). The van der Waals surface area contributed by atoms with Crippen LogP contribution < -0.4 is 0 Å². The lowest BCUT2D eigenvalue weighted by Crippen LogP contribution is -2.13. The van der Waals surface area contributed by atoms with Gasteiger partial charge in [0.15, 0.2) is 5.69 Å². The van der Waals surface area contributed by atoms with Gasteiger partial charge in [-0.05, 0) is 18.4 Å². The topological polar surface area (TPSA) is 52.1 Å². The maximum absolute atomic E-state index is 12.1. The van der Waals surface area contributed by atoms with Gasteiger partial charge in [-0.3, -0.25) is 0 Å². The number of hydrogen-bond donors (Lipinski definition) is 0. The zero-order chi connectivity index (χ0) is 15.1. The van der Waals surface area contributed by atoms with Crippen LogP contribution in [0.25, 0.3) is 0 Å². The number of rotatable bonds is 6. The SMILES string of the molecule is CCCC[C@H](OC(=O)c1cnc(Cl)cn1)c1ccccc1. The molecule has 110 valence electrons. The van der Waals surface area contributed by atoms with E-state index in [2.05, 4.69) is 16.9 Å². The van der Waals surface area contributed by atoms with Crippen molar-refractivity contribution in [2.24, 2.45) is 0 Å². The Morgan fingerprint density at radius 3 is 2.62 bits per heavy atom. The van der Waals surface area contributed by atoms with E-state index >= 15 is 0 Å². The summed E-state index contributed by atoms with van der Waals surface area (Å²) in [5.41, 5.74) is 1.15. The lowest BCUT2D eigenvalue weighted by atomic mass is 10.0.